The molecule has 3 N–H and O–H groups in total. The summed E-state index contributed by atoms with van der Waals surface area (Å²) in [6.45, 7) is -0.0391. The Balaban J connectivity index is 2.34. The molecule has 0 aromatic carbocycles. The van der Waals surface area contributed by atoms with Crippen LogP contribution < -0.4 is 5.73 Å². The van der Waals surface area contributed by atoms with Crippen molar-refractivity contribution in [2.45, 2.75) is 11.1 Å². The van der Waals surface area contributed by atoms with Crippen molar-refractivity contribution in [2.75, 3.05) is 33.0 Å². The monoisotopic (exact) mass is 320 g/mol. The quantitative estimate of drug-likeness (QED) is 0.750. The van der Waals surface area contributed by atoms with E-state index in [0.29, 0.717) is 4.96 Å². The van der Waals surface area contributed by atoms with Gasteiger partial charge in [0.25, 0.3) is 10.0 Å². The lowest BCUT2D eigenvalue weighted by Crippen LogP contribution is -2.37. The van der Waals surface area contributed by atoms with Crippen molar-refractivity contribution in [3.8, 4) is 0 Å². The van der Waals surface area contributed by atoms with Crippen LogP contribution in [0.1, 0.15) is 0 Å². The third-order valence-corrected chi connectivity index (χ3v) is 5.35. The van der Waals surface area contributed by atoms with Crippen LogP contribution in [0.5, 0.6) is 0 Å². The molecule has 0 fully saturated rings. The van der Waals surface area contributed by atoms with Gasteiger partial charge in [-0.1, -0.05) is 0 Å². The van der Waals surface area contributed by atoms with Crippen LogP contribution in [0.25, 0.3) is 4.96 Å². The summed E-state index contributed by atoms with van der Waals surface area (Å²) in [7, 11) is -1.03. The molecule has 0 aliphatic rings. The van der Waals surface area contributed by atoms with Gasteiger partial charge in [-0.05, 0) is 0 Å². The number of nitrogens with zero attached hydrogens (tertiary/aromatic N) is 3. The molecule has 0 saturated carbocycles. The van der Waals surface area contributed by atoms with Crippen molar-refractivity contribution in [1.82, 2.24) is 13.7 Å². The SMILES string of the molecule is COCC(O)CN(C)S(=O)(=O)c1c(N)nc2sccn12. The third-order valence-electron chi connectivity index (χ3n) is 2.73. The Hall–Kier alpha value is -1.20. The topological polar surface area (TPSA) is 110 Å². The summed E-state index contributed by atoms with van der Waals surface area (Å²) in [5, 5.41) is 11.3. The Morgan fingerprint density at radius 1 is 1.65 bits per heavy atom. The van der Waals surface area contributed by atoms with Crippen LogP contribution in [0.2, 0.25) is 0 Å². The average Bonchev–Trinajstić information content (AvgIpc) is 2.87. The summed E-state index contributed by atoms with van der Waals surface area (Å²) in [5.74, 6) is -0.0510. The Morgan fingerprint density at radius 2 is 2.35 bits per heavy atom. The van der Waals surface area contributed by atoms with Crippen LogP contribution in [0.3, 0.4) is 0 Å². The van der Waals surface area contributed by atoms with E-state index in [1.54, 1.807) is 11.6 Å². The Bertz CT molecular complexity index is 693. The number of sulfonamides is 1. The number of hydrogen-bond donors (Lipinski definition) is 2. The highest BCUT2D eigenvalue weighted by Crippen LogP contribution is 2.25. The highest BCUT2D eigenvalue weighted by molar-refractivity contribution is 7.89. The number of aliphatic hydroxyl groups is 1. The van der Waals surface area contributed by atoms with Gasteiger partial charge in [0.15, 0.2) is 15.8 Å². The van der Waals surface area contributed by atoms with Crippen molar-refractivity contribution < 1.29 is 18.3 Å². The molecule has 1 atom stereocenters. The zero-order chi connectivity index (χ0) is 14.9. The van der Waals surface area contributed by atoms with Crippen molar-refractivity contribution in [3.63, 3.8) is 0 Å². The van der Waals surface area contributed by atoms with Gasteiger partial charge in [-0.25, -0.2) is 13.4 Å². The molecule has 112 valence electrons. The fourth-order valence-electron chi connectivity index (χ4n) is 1.83. The lowest BCUT2D eigenvalue weighted by molar-refractivity contribution is 0.0554. The first-order chi connectivity index (χ1) is 9.37. The molecule has 20 heavy (non-hydrogen) atoms. The number of nitrogen functional groups attached to an aromatic ring is 1. The lowest BCUT2D eigenvalue weighted by Gasteiger charge is -2.19. The highest BCUT2D eigenvalue weighted by atomic mass is 32.2. The first kappa shape index (κ1) is 15.2. The number of hydrogen-bond acceptors (Lipinski definition) is 7. The second-order valence-corrected chi connectivity index (χ2v) is 7.09. The minimum Gasteiger partial charge on any atom is -0.389 e. The van der Waals surface area contributed by atoms with Gasteiger partial charge in [-0.3, -0.25) is 4.40 Å². The van der Waals surface area contributed by atoms with Gasteiger partial charge in [0, 0.05) is 32.3 Å². The molecule has 10 heteroatoms. The predicted octanol–water partition coefficient (Wildman–Crippen LogP) is -0.394. The van der Waals surface area contributed by atoms with Gasteiger partial charge in [-0.15, -0.1) is 11.3 Å². The molecule has 0 radical (unpaired) electrons. The van der Waals surface area contributed by atoms with Crippen LogP contribution >= 0.6 is 11.3 Å². The summed E-state index contributed by atoms with van der Waals surface area (Å²) in [6.07, 6.45) is 0.683. The molecule has 2 aromatic rings. The van der Waals surface area contributed by atoms with Gasteiger partial charge < -0.3 is 15.6 Å². The zero-order valence-corrected chi connectivity index (χ0v) is 12.7. The Morgan fingerprint density at radius 3 is 3.00 bits per heavy atom. The van der Waals surface area contributed by atoms with E-state index in [-0.39, 0.29) is 24.0 Å². The molecule has 0 amide bonds. The summed E-state index contributed by atoms with van der Waals surface area (Å²) < 4.78 is 32.2. The van der Waals surface area contributed by atoms with Crippen LogP contribution in [0, 0.1) is 0 Å². The maximum Gasteiger partial charge on any atom is 0.262 e. The number of thiazole rings is 1. The van der Waals surface area contributed by atoms with Crippen LogP contribution in [0.4, 0.5) is 5.82 Å². The molecule has 8 nitrogen and oxygen atoms in total. The minimum atomic E-state index is -3.84. The summed E-state index contributed by atoms with van der Waals surface area (Å²) in [6, 6.07) is 0. The Kier molecular flexibility index (Phi) is 4.30. The number of rotatable bonds is 6. The molecule has 0 saturated heterocycles. The van der Waals surface area contributed by atoms with E-state index >= 15 is 0 Å². The smallest absolute Gasteiger partial charge is 0.262 e. The van der Waals surface area contributed by atoms with Crippen molar-refractivity contribution in [1.29, 1.82) is 0 Å². The van der Waals surface area contributed by atoms with Crippen LogP contribution in [0.15, 0.2) is 16.6 Å². The van der Waals surface area contributed by atoms with E-state index in [9.17, 15) is 13.5 Å². The molecule has 1 unspecified atom stereocenters. The van der Waals surface area contributed by atoms with E-state index in [2.05, 4.69) is 4.98 Å². The molecule has 2 aromatic heterocycles. The van der Waals surface area contributed by atoms with E-state index in [4.69, 9.17) is 10.5 Å². The number of imidazole rings is 1. The number of methoxy groups -OCH3 is 1. The Labute approximate surface area is 120 Å². The number of aliphatic hydroxyl groups excluding tert-OH is 1. The number of fused-ring (bicyclic) bond motifs is 1. The maximum atomic E-state index is 12.5. The average molecular weight is 320 g/mol. The van der Waals surface area contributed by atoms with E-state index < -0.39 is 16.1 Å². The standard InChI is InChI=1S/C10H16N4O4S2/c1-13(5-7(15)6-18-2)20(16,17)9-8(11)12-10-14(9)3-4-19-10/h3-4,7,15H,5-6,11H2,1-2H3. The molecule has 0 aliphatic carbocycles. The third kappa shape index (κ3) is 2.65. The zero-order valence-electron chi connectivity index (χ0n) is 11.1. The molecule has 0 bridgehead atoms. The van der Waals surface area contributed by atoms with Crippen molar-refractivity contribution in [3.05, 3.63) is 11.6 Å². The maximum absolute atomic E-state index is 12.5. The van der Waals surface area contributed by atoms with Gasteiger partial charge >= 0.3 is 0 Å². The largest absolute Gasteiger partial charge is 0.389 e. The minimum absolute atomic E-state index is 0.0510. The second kappa shape index (κ2) is 5.66. The van der Waals surface area contributed by atoms with Crippen molar-refractivity contribution >= 4 is 32.1 Å². The summed E-state index contributed by atoms with van der Waals surface area (Å²) >= 11 is 1.29. The van der Waals surface area contributed by atoms with Gasteiger partial charge in [0.05, 0.1) is 12.7 Å². The number of anilines is 1. The lowest BCUT2D eigenvalue weighted by atomic mass is 10.4. The van der Waals surface area contributed by atoms with E-state index in [1.807, 2.05) is 0 Å². The highest BCUT2D eigenvalue weighted by Gasteiger charge is 2.29. The van der Waals surface area contributed by atoms with Crippen LogP contribution in [-0.4, -0.2) is 60.6 Å². The number of aromatic nitrogens is 2. The fraction of sp³-hybridized carbons (Fsp3) is 0.500. The van der Waals surface area contributed by atoms with Crippen LogP contribution in [-0.2, 0) is 14.8 Å². The van der Waals surface area contributed by atoms with E-state index in [0.717, 1.165) is 4.31 Å². The van der Waals surface area contributed by atoms with Gasteiger partial charge in [-0.2, -0.15) is 4.31 Å². The van der Waals surface area contributed by atoms with Gasteiger partial charge in [0.2, 0.25) is 0 Å². The molecule has 0 spiro atoms. The number of likely N-dealkylation sites (N-methyl/N-ethyl adjacent to an activating group) is 1. The molecular weight excluding hydrogens is 304 g/mol. The predicted molar refractivity (Wildman–Crippen MR) is 75.2 cm³/mol. The number of ether oxygens (including phenoxy) is 1. The summed E-state index contributed by atoms with van der Waals surface area (Å²) in [5.41, 5.74) is 5.69. The molecule has 2 rings (SSSR count). The number of nitrogens with two attached hydrogens (primary N) is 1. The van der Waals surface area contributed by atoms with Crippen molar-refractivity contribution in [2.24, 2.45) is 0 Å². The molecule has 2 heterocycles. The second-order valence-electron chi connectivity index (χ2n) is 4.25. The first-order valence-corrected chi connectivity index (χ1v) is 8.04. The van der Waals surface area contributed by atoms with E-state index in [1.165, 1.54) is 29.9 Å². The van der Waals surface area contributed by atoms with Gasteiger partial charge in [0.1, 0.15) is 0 Å². The first-order valence-electron chi connectivity index (χ1n) is 5.72. The molecule has 0 aliphatic heterocycles. The fourth-order valence-corrected chi connectivity index (χ4v) is 3.97. The molecular formula is C10H16N4O4S2. The normalized spacial score (nSPS) is 14.2. The summed E-state index contributed by atoms with van der Waals surface area (Å²) in [4.78, 5) is 4.51.